The molecule has 0 saturated heterocycles. The molecule has 0 aliphatic carbocycles. The number of nitrogens with zero attached hydrogens (tertiary/aromatic N) is 3. The van der Waals surface area contributed by atoms with Crippen LogP contribution >= 0.6 is 23.4 Å². The fourth-order valence-electron chi connectivity index (χ4n) is 2.96. The van der Waals surface area contributed by atoms with Crippen molar-refractivity contribution in [2.45, 2.75) is 24.5 Å². The van der Waals surface area contributed by atoms with Gasteiger partial charge in [-0.05, 0) is 48.9 Å². The first kappa shape index (κ1) is 22.8. The van der Waals surface area contributed by atoms with Gasteiger partial charge in [-0.3, -0.25) is 9.59 Å². The third-order valence-electron chi connectivity index (χ3n) is 4.66. The lowest BCUT2D eigenvalue weighted by Crippen LogP contribution is -2.29. The highest BCUT2D eigenvalue weighted by Crippen LogP contribution is 2.21. The average Bonchev–Trinajstić information content (AvgIpc) is 3.13. The lowest BCUT2D eigenvalue weighted by Gasteiger charge is -2.14. The topological polar surface area (TPSA) is 86.1 Å². The zero-order valence-electron chi connectivity index (χ0n) is 17.5. The van der Waals surface area contributed by atoms with Gasteiger partial charge in [-0.2, -0.15) is 0 Å². The van der Waals surface area contributed by atoms with Gasteiger partial charge >= 0.3 is 0 Å². The second kappa shape index (κ2) is 10.5. The number of thioether (sulfide) groups is 1. The Morgan fingerprint density at radius 1 is 1.13 bits per heavy atom. The van der Waals surface area contributed by atoms with Crippen molar-refractivity contribution in [1.29, 1.82) is 0 Å². The van der Waals surface area contributed by atoms with Crippen LogP contribution in [0.1, 0.15) is 34.7 Å². The van der Waals surface area contributed by atoms with E-state index in [1.807, 2.05) is 38.2 Å². The predicted octanol–water partition coefficient (Wildman–Crippen LogP) is 3.87. The third-order valence-corrected chi connectivity index (χ3v) is 5.93. The molecule has 2 aromatic carbocycles. The summed E-state index contributed by atoms with van der Waals surface area (Å²) in [5.41, 5.74) is 1.49. The van der Waals surface area contributed by atoms with Crippen molar-refractivity contribution in [2.24, 2.45) is 7.05 Å². The number of ketones is 1. The molecule has 3 rings (SSSR count). The number of nitrogens with one attached hydrogen (secondary N) is 1. The number of hydrogen-bond donors (Lipinski definition) is 1. The smallest absolute Gasteiger partial charge is 0.224 e. The summed E-state index contributed by atoms with van der Waals surface area (Å²) in [6.07, 6.45) is 0.253. The molecule has 1 unspecified atom stereocenters. The Kier molecular flexibility index (Phi) is 7.70. The first-order valence-electron chi connectivity index (χ1n) is 9.60. The quantitative estimate of drug-likeness (QED) is 0.387. The number of benzene rings is 2. The van der Waals surface area contributed by atoms with E-state index in [0.29, 0.717) is 21.6 Å². The molecular formula is C22H23ClN4O3S. The van der Waals surface area contributed by atoms with Gasteiger partial charge in [0, 0.05) is 17.6 Å². The highest BCUT2D eigenvalue weighted by molar-refractivity contribution is 7.99. The molecule has 162 valence electrons. The fourth-order valence-corrected chi connectivity index (χ4v) is 3.90. The highest BCUT2D eigenvalue weighted by atomic mass is 35.5. The number of amides is 1. The summed E-state index contributed by atoms with van der Waals surface area (Å²) in [5.74, 6) is 1.45. The molecule has 0 fully saturated rings. The summed E-state index contributed by atoms with van der Waals surface area (Å²) in [5, 5.41) is 12.5. The number of Topliss-reactive ketones (excluding diaryl/α,β-unsaturated/α-hetero) is 1. The summed E-state index contributed by atoms with van der Waals surface area (Å²) in [4.78, 5) is 24.8. The van der Waals surface area contributed by atoms with Gasteiger partial charge in [0.1, 0.15) is 5.75 Å². The van der Waals surface area contributed by atoms with Gasteiger partial charge in [-0.1, -0.05) is 35.5 Å². The average molecular weight is 459 g/mol. The lowest BCUT2D eigenvalue weighted by atomic mass is 10.1. The van der Waals surface area contributed by atoms with E-state index in [-0.39, 0.29) is 29.9 Å². The van der Waals surface area contributed by atoms with Crippen molar-refractivity contribution >= 4 is 35.1 Å². The Bertz CT molecular complexity index is 1050. The molecule has 0 aliphatic rings. The molecule has 1 atom stereocenters. The second-order valence-corrected chi connectivity index (χ2v) is 8.31. The van der Waals surface area contributed by atoms with Crippen LogP contribution in [0.2, 0.25) is 5.02 Å². The number of hydrogen-bond acceptors (Lipinski definition) is 6. The van der Waals surface area contributed by atoms with Crippen molar-refractivity contribution in [3.8, 4) is 5.75 Å². The van der Waals surface area contributed by atoms with Gasteiger partial charge in [0.25, 0.3) is 0 Å². The largest absolute Gasteiger partial charge is 0.497 e. The summed E-state index contributed by atoms with van der Waals surface area (Å²) >= 11 is 7.16. The minimum absolute atomic E-state index is 0.0212. The molecule has 1 aromatic heterocycles. The third kappa shape index (κ3) is 6.08. The van der Waals surface area contributed by atoms with E-state index in [4.69, 9.17) is 16.3 Å². The molecule has 1 amide bonds. The van der Waals surface area contributed by atoms with Gasteiger partial charge < -0.3 is 14.6 Å². The van der Waals surface area contributed by atoms with E-state index >= 15 is 0 Å². The highest BCUT2D eigenvalue weighted by Gasteiger charge is 2.19. The van der Waals surface area contributed by atoms with Crippen molar-refractivity contribution < 1.29 is 14.3 Å². The fraction of sp³-hybridized carbons (Fsp3) is 0.273. The zero-order chi connectivity index (χ0) is 22.4. The van der Waals surface area contributed by atoms with Crippen molar-refractivity contribution in [1.82, 2.24) is 20.1 Å². The lowest BCUT2D eigenvalue weighted by molar-refractivity contribution is -0.121. The van der Waals surface area contributed by atoms with Gasteiger partial charge in [0.05, 0.1) is 25.3 Å². The van der Waals surface area contributed by atoms with E-state index in [2.05, 4.69) is 15.5 Å². The van der Waals surface area contributed by atoms with Crippen molar-refractivity contribution in [3.63, 3.8) is 0 Å². The van der Waals surface area contributed by atoms with E-state index < -0.39 is 0 Å². The molecule has 0 radical (unpaired) electrons. The monoisotopic (exact) mass is 458 g/mol. The second-order valence-electron chi connectivity index (χ2n) is 6.93. The van der Waals surface area contributed by atoms with E-state index in [1.54, 1.807) is 35.9 Å². The summed E-state index contributed by atoms with van der Waals surface area (Å²) in [7, 11) is 3.42. The van der Waals surface area contributed by atoms with Crippen molar-refractivity contribution in [2.75, 3.05) is 12.9 Å². The Morgan fingerprint density at radius 3 is 2.45 bits per heavy atom. The Labute approximate surface area is 190 Å². The van der Waals surface area contributed by atoms with Crippen LogP contribution in [0.3, 0.4) is 0 Å². The molecule has 0 aliphatic heterocycles. The number of rotatable bonds is 9. The van der Waals surface area contributed by atoms with Crippen LogP contribution in [0.4, 0.5) is 0 Å². The van der Waals surface area contributed by atoms with Gasteiger partial charge in [-0.25, -0.2) is 0 Å². The van der Waals surface area contributed by atoms with Gasteiger partial charge in [0.15, 0.2) is 16.8 Å². The van der Waals surface area contributed by atoms with E-state index in [0.717, 1.165) is 11.3 Å². The maximum Gasteiger partial charge on any atom is 0.224 e. The Balaban J connectivity index is 1.56. The van der Waals surface area contributed by atoms with Crippen LogP contribution in [0.5, 0.6) is 5.75 Å². The molecule has 0 bridgehead atoms. The molecule has 0 spiro atoms. The van der Waals surface area contributed by atoms with E-state index in [9.17, 15) is 9.59 Å². The molecule has 0 saturated carbocycles. The number of carbonyl (C=O) groups excluding carboxylic acids is 2. The summed E-state index contributed by atoms with van der Waals surface area (Å²) < 4.78 is 6.92. The summed E-state index contributed by atoms with van der Waals surface area (Å²) in [6, 6.07) is 13.8. The number of ether oxygens (including phenoxy) is 1. The maximum atomic E-state index is 12.4. The molecule has 1 heterocycles. The number of carbonyl (C=O) groups is 2. The van der Waals surface area contributed by atoms with E-state index in [1.165, 1.54) is 11.8 Å². The first-order valence-corrected chi connectivity index (χ1v) is 11.0. The van der Waals surface area contributed by atoms with Crippen LogP contribution in [0.15, 0.2) is 53.7 Å². The minimum Gasteiger partial charge on any atom is -0.497 e. The molecule has 1 N–H and O–H groups in total. The Morgan fingerprint density at radius 2 is 1.81 bits per heavy atom. The SMILES string of the molecule is COc1ccc(CC(=O)NC(C)c2nnc(SCC(=O)c3ccc(Cl)cc3)n2C)cc1. The van der Waals surface area contributed by atoms with Crippen LogP contribution in [-0.4, -0.2) is 39.3 Å². The molecular weight excluding hydrogens is 436 g/mol. The molecule has 3 aromatic rings. The van der Waals surface area contributed by atoms with Crippen LogP contribution in [0.25, 0.3) is 0 Å². The van der Waals surface area contributed by atoms with Crippen molar-refractivity contribution in [3.05, 3.63) is 70.5 Å². The molecule has 7 nitrogen and oxygen atoms in total. The minimum atomic E-state index is -0.329. The van der Waals surface area contributed by atoms with Crippen LogP contribution in [-0.2, 0) is 18.3 Å². The Hall–Kier alpha value is -2.84. The van der Waals surface area contributed by atoms with Crippen LogP contribution in [0, 0.1) is 0 Å². The molecule has 9 heteroatoms. The number of halogens is 1. The van der Waals surface area contributed by atoms with Gasteiger partial charge in [0.2, 0.25) is 5.91 Å². The normalized spacial score (nSPS) is 11.7. The molecule has 31 heavy (non-hydrogen) atoms. The predicted molar refractivity (Wildman–Crippen MR) is 121 cm³/mol. The van der Waals surface area contributed by atoms with Crippen LogP contribution < -0.4 is 10.1 Å². The number of aromatic nitrogens is 3. The number of methoxy groups -OCH3 is 1. The standard InChI is InChI=1S/C22H23ClN4O3S/c1-14(24-20(29)12-15-4-10-18(30-3)11-5-15)21-25-26-22(27(21)2)31-13-19(28)16-6-8-17(23)9-7-16/h4-11,14H,12-13H2,1-3H3,(H,24,29). The summed E-state index contributed by atoms with van der Waals surface area (Å²) in [6.45, 7) is 1.85. The van der Waals surface area contributed by atoms with Gasteiger partial charge in [-0.15, -0.1) is 10.2 Å². The zero-order valence-corrected chi connectivity index (χ0v) is 19.0. The first-order chi connectivity index (χ1) is 14.9. The maximum absolute atomic E-state index is 12.4.